The van der Waals surface area contributed by atoms with Crippen molar-refractivity contribution in [2.24, 2.45) is 11.8 Å². The van der Waals surface area contributed by atoms with Crippen LogP contribution in [0.15, 0.2) is 36.8 Å². The summed E-state index contributed by atoms with van der Waals surface area (Å²) in [5.74, 6) is 1.37. The van der Waals surface area contributed by atoms with Gasteiger partial charge in [0.2, 0.25) is 5.91 Å². The maximum absolute atomic E-state index is 13.4. The lowest BCUT2D eigenvalue weighted by atomic mass is 9.74. The van der Waals surface area contributed by atoms with Crippen molar-refractivity contribution < 1.29 is 9.90 Å². The number of aryl methyl sites for hydroxylation is 2. The zero-order chi connectivity index (χ0) is 25.6. The van der Waals surface area contributed by atoms with Gasteiger partial charge in [-0.05, 0) is 88.5 Å². The van der Waals surface area contributed by atoms with Gasteiger partial charge in [-0.2, -0.15) is 0 Å². The summed E-state index contributed by atoms with van der Waals surface area (Å²) in [5.41, 5.74) is 10.1. The van der Waals surface area contributed by atoms with Gasteiger partial charge in [-0.1, -0.05) is 0 Å². The normalized spacial score (nSPS) is 31.8. The SMILES string of the molecule is Cc1cc(C2NNC3CCC(C(=O)N[C@@H]4CCC[C@](O)(Cn5c(C)nc6cnccc65)C4)CC32)ccn1. The lowest BCUT2D eigenvalue weighted by Gasteiger charge is -2.39. The minimum absolute atomic E-state index is 0.00394. The topological polar surface area (TPSA) is 117 Å². The van der Waals surface area contributed by atoms with Crippen LogP contribution in [0.5, 0.6) is 0 Å². The number of hydrogen-bond acceptors (Lipinski definition) is 7. The molecule has 6 rings (SSSR count). The Bertz CT molecular complexity index is 1290. The van der Waals surface area contributed by atoms with Crippen LogP contribution < -0.4 is 16.2 Å². The molecule has 9 nitrogen and oxygen atoms in total. The monoisotopic (exact) mass is 503 g/mol. The highest BCUT2D eigenvalue weighted by Gasteiger charge is 2.43. The first kappa shape index (κ1) is 24.5. The molecule has 4 unspecified atom stereocenters. The van der Waals surface area contributed by atoms with Crippen molar-refractivity contribution in [3.63, 3.8) is 0 Å². The Balaban J connectivity index is 1.11. The Kier molecular flexibility index (Phi) is 6.46. The molecule has 3 fully saturated rings. The molecule has 0 spiro atoms. The summed E-state index contributed by atoms with van der Waals surface area (Å²) in [6.07, 6.45) is 11.2. The summed E-state index contributed by atoms with van der Waals surface area (Å²) in [7, 11) is 0. The molecule has 37 heavy (non-hydrogen) atoms. The largest absolute Gasteiger partial charge is 0.388 e. The summed E-state index contributed by atoms with van der Waals surface area (Å²) in [6.45, 7) is 4.46. The molecule has 2 aliphatic carbocycles. The number of hydrogen-bond donors (Lipinski definition) is 4. The lowest BCUT2D eigenvalue weighted by Crippen LogP contribution is -2.50. The number of hydrazine groups is 1. The summed E-state index contributed by atoms with van der Waals surface area (Å²) >= 11 is 0. The number of pyridine rings is 2. The van der Waals surface area contributed by atoms with Crippen LogP contribution in [-0.2, 0) is 11.3 Å². The van der Waals surface area contributed by atoms with Crippen molar-refractivity contribution in [3.8, 4) is 0 Å². The molecule has 1 aliphatic heterocycles. The number of aliphatic hydroxyl groups is 1. The fraction of sp³-hybridized carbons (Fsp3) is 0.571. The molecule has 4 N–H and O–H groups in total. The van der Waals surface area contributed by atoms with Crippen LogP contribution in [0.3, 0.4) is 0 Å². The van der Waals surface area contributed by atoms with Crippen molar-refractivity contribution in [1.82, 2.24) is 35.7 Å². The Morgan fingerprint density at radius 2 is 2.11 bits per heavy atom. The Morgan fingerprint density at radius 3 is 2.97 bits per heavy atom. The summed E-state index contributed by atoms with van der Waals surface area (Å²) in [4.78, 5) is 26.6. The van der Waals surface area contributed by atoms with Crippen LogP contribution in [0.1, 0.15) is 68.1 Å². The molecule has 4 heterocycles. The fourth-order valence-corrected chi connectivity index (χ4v) is 6.91. The molecule has 0 bridgehead atoms. The number of carbonyl (C=O) groups excluding carboxylic acids is 1. The molecule has 0 radical (unpaired) electrons. The summed E-state index contributed by atoms with van der Waals surface area (Å²) in [6, 6.07) is 6.71. The molecule has 1 amide bonds. The van der Waals surface area contributed by atoms with Crippen LogP contribution in [0.25, 0.3) is 11.0 Å². The van der Waals surface area contributed by atoms with Crippen molar-refractivity contribution in [1.29, 1.82) is 0 Å². The predicted molar refractivity (Wildman–Crippen MR) is 140 cm³/mol. The molecule has 9 heteroatoms. The third-order valence-electron chi connectivity index (χ3n) is 8.76. The van der Waals surface area contributed by atoms with Crippen LogP contribution in [0.2, 0.25) is 0 Å². The number of carbonyl (C=O) groups is 1. The minimum Gasteiger partial charge on any atom is -0.388 e. The number of nitrogens with one attached hydrogen (secondary N) is 3. The van der Waals surface area contributed by atoms with Crippen LogP contribution >= 0.6 is 0 Å². The van der Waals surface area contributed by atoms with Gasteiger partial charge in [0.15, 0.2) is 0 Å². The first-order chi connectivity index (χ1) is 17.9. The molecular weight excluding hydrogens is 466 g/mol. The van der Waals surface area contributed by atoms with Crippen molar-refractivity contribution in [2.45, 2.75) is 89.1 Å². The van der Waals surface area contributed by atoms with E-state index < -0.39 is 5.60 Å². The van der Waals surface area contributed by atoms with Gasteiger partial charge in [-0.3, -0.25) is 20.2 Å². The predicted octanol–water partition coefficient (Wildman–Crippen LogP) is 2.87. The molecule has 6 atom stereocenters. The van der Waals surface area contributed by atoms with E-state index in [0.717, 1.165) is 61.1 Å². The Morgan fingerprint density at radius 1 is 1.22 bits per heavy atom. The zero-order valence-electron chi connectivity index (χ0n) is 21.7. The van der Waals surface area contributed by atoms with E-state index in [1.807, 2.05) is 26.1 Å². The zero-order valence-corrected chi connectivity index (χ0v) is 21.7. The third kappa shape index (κ3) is 4.87. The number of fused-ring (bicyclic) bond motifs is 2. The van der Waals surface area contributed by atoms with Gasteiger partial charge in [0.25, 0.3) is 0 Å². The van der Waals surface area contributed by atoms with Gasteiger partial charge < -0.3 is 15.0 Å². The number of aromatic nitrogens is 4. The average molecular weight is 504 g/mol. The van der Waals surface area contributed by atoms with Crippen LogP contribution in [-0.4, -0.2) is 48.2 Å². The van der Waals surface area contributed by atoms with Crippen molar-refractivity contribution >= 4 is 16.9 Å². The molecule has 196 valence electrons. The van der Waals surface area contributed by atoms with E-state index in [1.165, 1.54) is 5.56 Å². The van der Waals surface area contributed by atoms with E-state index in [1.54, 1.807) is 12.4 Å². The quantitative estimate of drug-likeness (QED) is 0.423. The van der Waals surface area contributed by atoms with E-state index in [2.05, 4.69) is 47.8 Å². The molecule has 0 aromatic carbocycles. The number of nitrogens with zero attached hydrogens (tertiary/aromatic N) is 4. The number of amides is 1. The highest BCUT2D eigenvalue weighted by Crippen LogP contribution is 2.41. The molecule has 1 saturated heterocycles. The second-order valence-corrected chi connectivity index (χ2v) is 11.4. The van der Waals surface area contributed by atoms with E-state index in [9.17, 15) is 9.90 Å². The standard InChI is InChI=1S/C28H37N7O2/c1-17-12-19(7-11-30-17)26-22-13-20(5-6-23(22)33-34-26)27(36)32-21-4-3-9-28(37,14-21)16-35-18(2)31-24-15-29-10-8-25(24)35/h7-8,10-12,15,20-23,26,33-34,37H,3-6,9,13-14,16H2,1-2H3,(H,32,36)/t20?,21-,22?,23?,26?,28-/m1/s1. The first-order valence-corrected chi connectivity index (χ1v) is 13.6. The molecule has 2 saturated carbocycles. The number of rotatable bonds is 5. The van der Waals surface area contributed by atoms with Gasteiger partial charge in [-0.25, -0.2) is 10.4 Å². The van der Waals surface area contributed by atoms with Crippen LogP contribution in [0.4, 0.5) is 0 Å². The Hall–Kier alpha value is -2.88. The third-order valence-corrected chi connectivity index (χ3v) is 8.76. The lowest BCUT2D eigenvalue weighted by molar-refractivity contribution is -0.128. The minimum atomic E-state index is -0.876. The highest BCUT2D eigenvalue weighted by atomic mass is 16.3. The fourth-order valence-electron chi connectivity index (χ4n) is 6.91. The molecule has 3 aromatic heterocycles. The van der Waals surface area contributed by atoms with Crippen molar-refractivity contribution in [2.75, 3.05) is 0 Å². The van der Waals surface area contributed by atoms with E-state index >= 15 is 0 Å². The van der Waals surface area contributed by atoms with Crippen LogP contribution in [0, 0.1) is 25.7 Å². The maximum Gasteiger partial charge on any atom is 0.223 e. The van der Waals surface area contributed by atoms with Gasteiger partial charge in [0, 0.05) is 36.1 Å². The van der Waals surface area contributed by atoms with Crippen molar-refractivity contribution in [3.05, 3.63) is 53.9 Å². The van der Waals surface area contributed by atoms with E-state index in [0.29, 0.717) is 24.9 Å². The van der Waals surface area contributed by atoms with E-state index in [-0.39, 0.29) is 23.9 Å². The molecule has 3 aliphatic rings. The van der Waals surface area contributed by atoms with Gasteiger partial charge in [0.05, 0.1) is 29.9 Å². The average Bonchev–Trinajstić information content (AvgIpc) is 3.44. The number of imidazole rings is 1. The van der Waals surface area contributed by atoms with Gasteiger partial charge in [-0.15, -0.1) is 0 Å². The van der Waals surface area contributed by atoms with E-state index in [4.69, 9.17) is 0 Å². The Labute approximate surface area is 217 Å². The second-order valence-electron chi connectivity index (χ2n) is 11.4. The maximum atomic E-state index is 13.4. The first-order valence-electron chi connectivity index (χ1n) is 13.6. The molecule has 3 aromatic rings. The highest BCUT2D eigenvalue weighted by molar-refractivity contribution is 5.79. The van der Waals surface area contributed by atoms with Gasteiger partial charge in [0.1, 0.15) is 11.3 Å². The smallest absolute Gasteiger partial charge is 0.223 e. The second kappa shape index (κ2) is 9.78. The van der Waals surface area contributed by atoms with Gasteiger partial charge >= 0.3 is 0 Å². The summed E-state index contributed by atoms with van der Waals surface area (Å²) in [5, 5.41) is 14.9. The summed E-state index contributed by atoms with van der Waals surface area (Å²) < 4.78 is 2.09. The molecular formula is C28H37N7O2.